The van der Waals surface area contributed by atoms with Gasteiger partial charge in [-0.3, -0.25) is 9.59 Å². The SMILES string of the molecule is CC1CCCN(/C=C(/C#N)C(=O)NC(C)C(=O)O)C1. The Balaban J connectivity index is 2.68. The molecule has 0 aliphatic carbocycles. The van der Waals surface area contributed by atoms with Crippen LogP contribution >= 0.6 is 0 Å². The standard InChI is InChI=1S/C13H19N3O3/c1-9-4-3-5-16(7-9)8-11(6-14)12(17)15-10(2)13(18)19/h8-10H,3-5,7H2,1-2H3,(H,15,17)(H,18,19)/b11-8-. The molecule has 0 aromatic heterocycles. The topological polar surface area (TPSA) is 93.4 Å². The van der Waals surface area contributed by atoms with Gasteiger partial charge in [-0.05, 0) is 25.7 Å². The van der Waals surface area contributed by atoms with Crippen LogP contribution in [0, 0.1) is 17.2 Å². The number of carboxylic acid groups (broad SMARTS) is 1. The molecular formula is C13H19N3O3. The number of carbonyl (C=O) groups excluding carboxylic acids is 1. The highest BCUT2D eigenvalue weighted by atomic mass is 16.4. The molecule has 0 aromatic rings. The third kappa shape index (κ3) is 4.62. The molecule has 0 radical (unpaired) electrons. The van der Waals surface area contributed by atoms with Gasteiger partial charge in [-0.2, -0.15) is 5.26 Å². The highest BCUT2D eigenvalue weighted by Crippen LogP contribution is 2.16. The van der Waals surface area contributed by atoms with Crippen molar-refractivity contribution in [3.63, 3.8) is 0 Å². The number of rotatable bonds is 4. The predicted molar refractivity (Wildman–Crippen MR) is 68.9 cm³/mol. The van der Waals surface area contributed by atoms with Gasteiger partial charge >= 0.3 is 5.97 Å². The molecule has 2 unspecified atom stereocenters. The van der Waals surface area contributed by atoms with Crippen LogP contribution in [-0.2, 0) is 9.59 Å². The summed E-state index contributed by atoms with van der Waals surface area (Å²) in [5, 5.41) is 20.0. The molecule has 6 nitrogen and oxygen atoms in total. The number of piperidine rings is 1. The summed E-state index contributed by atoms with van der Waals surface area (Å²) in [6, 6.07) is 0.813. The van der Waals surface area contributed by atoms with Crippen LogP contribution in [0.3, 0.4) is 0 Å². The molecule has 1 aliphatic heterocycles. The largest absolute Gasteiger partial charge is 0.480 e. The minimum Gasteiger partial charge on any atom is -0.480 e. The van der Waals surface area contributed by atoms with Crippen molar-refractivity contribution in [3.8, 4) is 6.07 Å². The van der Waals surface area contributed by atoms with Crippen LogP contribution in [0.1, 0.15) is 26.7 Å². The lowest BCUT2D eigenvalue weighted by atomic mass is 10.0. The molecule has 1 fully saturated rings. The number of hydrogen-bond donors (Lipinski definition) is 2. The number of likely N-dealkylation sites (tertiary alicyclic amines) is 1. The zero-order valence-electron chi connectivity index (χ0n) is 11.2. The van der Waals surface area contributed by atoms with Gasteiger partial charge in [-0.1, -0.05) is 6.92 Å². The van der Waals surface area contributed by atoms with Crippen LogP contribution < -0.4 is 5.32 Å². The van der Waals surface area contributed by atoms with E-state index in [1.807, 2.05) is 11.0 Å². The number of aliphatic carboxylic acids is 1. The summed E-state index contributed by atoms with van der Waals surface area (Å²) < 4.78 is 0. The summed E-state index contributed by atoms with van der Waals surface area (Å²) in [5.74, 6) is -1.24. The predicted octanol–water partition coefficient (Wildman–Crippen LogP) is 0.715. The Morgan fingerprint density at radius 2 is 2.26 bits per heavy atom. The summed E-state index contributed by atoms with van der Waals surface area (Å²) in [4.78, 5) is 24.3. The lowest BCUT2D eigenvalue weighted by Gasteiger charge is -2.29. The first-order chi connectivity index (χ1) is 8.93. The first-order valence-electron chi connectivity index (χ1n) is 6.33. The van der Waals surface area contributed by atoms with Gasteiger partial charge in [0.15, 0.2) is 0 Å². The Morgan fingerprint density at radius 3 is 2.79 bits per heavy atom. The fourth-order valence-corrected chi connectivity index (χ4v) is 2.00. The first kappa shape index (κ1) is 15.0. The van der Waals surface area contributed by atoms with Gasteiger partial charge in [0.05, 0.1) is 0 Å². The third-order valence-electron chi connectivity index (χ3n) is 3.08. The average molecular weight is 265 g/mol. The number of carboxylic acids is 1. The maximum atomic E-state index is 11.8. The molecule has 1 amide bonds. The fourth-order valence-electron chi connectivity index (χ4n) is 2.00. The zero-order chi connectivity index (χ0) is 14.4. The van der Waals surface area contributed by atoms with Crippen molar-refractivity contribution < 1.29 is 14.7 Å². The van der Waals surface area contributed by atoms with E-state index in [-0.39, 0.29) is 5.57 Å². The average Bonchev–Trinajstić information content (AvgIpc) is 2.35. The van der Waals surface area contributed by atoms with Crippen LogP contribution in [-0.4, -0.2) is 41.0 Å². The Bertz CT molecular complexity index is 425. The van der Waals surface area contributed by atoms with Crippen LogP contribution in [0.2, 0.25) is 0 Å². The van der Waals surface area contributed by atoms with E-state index in [9.17, 15) is 9.59 Å². The summed E-state index contributed by atoms with van der Waals surface area (Å²) in [7, 11) is 0. The van der Waals surface area contributed by atoms with E-state index >= 15 is 0 Å². The van der Waals surface area contributed by atoms with Crippen molar-refractivity contribution >= 4 is 11.9 Å². The second kappa shape index (κ2) is 6.78. The van der Waals surface area contributed by atoms with E-state index in [1.165, 1.54) is 13.1 Å². The monoisotopic (exact) mass is 265 g/mol. The Kier molecular flexibility index (Phi) is 5.37. The minimum atomic E-state index is -1.13. The number of carbonyl (C=O) groups is 2. The summed E-state index contributed by atoms with van der Waals surface area (Å²) in [6.45, 7) is 5.11. The van der Waals surface area contributed by atoms with E-state index < -0.39 is 17.9 Å². The van der Waals surface area contributed by atoms with Gasteiger partial charge in [-0.15, -0.1) is 0 Å². The molecule has 1 aliphatic rings. The molecule has 19 heavy (non-hydrogen) atoms. The van der Waals surface area contributed by atoms with Crippen molar-refractivity contribution in [3.05, 3.63) is 11.8 Å². The van der Waals surface area contributed by atoms with Gasteiger partial charge in [0.2, 0.25) is 0 Å². The van der Waals surface area contributed by atoms with Crippen molar-refractivity contribution in [2.45, 2.75) is 32.7 Å². The molecule has 2 atom stereocenters. The minimum absolute atomic E-state index is 0.0535. The van der Waals surface area contributed by atoms with Gasteiger partial charge in [0, 0.05) is 19.3 Å². The van der Waals surface area contributed by atoms with Crippen molar-refractivity contribution in [2.24, 2.45) is 5.92 Å². The quantitative estimate of drug-likeness (QED) is 0.577. The zero-order valence-corrected chi connectivity index (χ0v) is 11.2. The van der Waals surface area contributed by atoms with Crippen LogP contribution in [0.4, 0.5) is 0 Å². The van der Waals surface area contributed by atoms with E-state index in [4.69, 9.17) is 10.4 Å². The number of nitrogens with one attached hydrogen (secondary N) is 1. The summed E-state index contributed by atoms with van der Waals surface area (Å²) in [6.07, 6.45) is 3.71. The number of hydrogen-bond acceptors (Lipinski definition) is 4. The van der Waals surface area contributed by atoms with Gasteiger partial charge < -0.3 is 15.3 Å². The fraction of sp³-hybridized carbons (Fsp3) is 0.615. The Labute approximate surface area is 112 Å². The highest BCUT2D eigenvalue weighted by molar-refractivity contribution is 5.99. The van der Waals surface area contributed by atoms with Crippen LogP contribution in [0.25, 0.3) is 0 Å². The van der Waals surface area contributed by atoms with Gasteiger partial charge in [0.25, 0.3) is 5.91 Å². The Morgan fingerprint density at radius 1 is 1.58 bits per heavy atom. The molecule has 0 aromatic carbocycles. The van der Waals surface area contributed by atoms with Crippen molar-refractivity contribution in [2.75, 3.05) is 13.1 Å². The van der Waals surface area contributed by atoms with E-state index in [0.29, 0.717) is 5.92 Å². The molecule has 1 rings (SSSR count). The van der Waals surface area contributed by atoms with Crippen molar-refractivity contribution in [1.82, 2.24) is 10.2 Å². The van der Waals surface area contributed by atoms with E-state index in [0.717, 1.165) is 25.9 Å². The maximum Gasteiger partial charge on any atom is 0.325 e. The molecule has 0 bridgehead atoms. The molecule has 104 valence electrons. The molecule has 1 saturated heterocycles. The van der Waals surface area contributed by atoms with Gasteiger partial charge in [-0.25, -0.2) is 0 Å². The molecular weight excluding hydrogens is 246 g/mol. The molecule has 2 N–H and O–H groups in total. The smallest absolute Gasteiger partial charge is 0.325 e. The number of nitriles is 1. The van der Waals surface area contributed by atoms with Crippen molar-refractivity contribution in [1.29, 1.82) is 5.26 Å². The summed E-state index contributed by atoms with van der Waals surface area (Å²) in [5.41, 5.74) is -0.0535. The van der Waals surface area contributed by atoms with Gasteiger partial charge in [0.1, 0.15) is 17.7 Å². The van der Waals surface area contributed by atoms with E-state index in [1.54, 1.807) is 0 Å². The lowest BCUT2D eigenvalue weighted by molar-refractivity contribution is -0.140. The maximum absolute atomic E-state index is 11.8. The summed E-state index contributed by atoms with van der Waals surface area (Å²) >= 11 is 0. The second-order valence-electron chi connectivity index (χ2n) is 4.93. The number of amides is 1. The Hall–Kier alpha value is -2.03. The highest BCUT2D eigenvalue weighted by Gasteiger charge is 2.19. The molecule has 0 spiro atoms. The molecule has 1 heterocycles. The number of nitrogens with zero attached hydrogens (tertiary/aromatic N) is 2. The second-order valence-corrected chi connectivity index (χ2v) is 4.93. The molecule has 6 heteroatoms. The molecule has 0 saturated carbocycles. The first-order valence-corrected chi connectivity index (χ1v) is 6.33. The third-order valence-corrected chi connectivity index (χ3v) is 3.08. The normalized spacial score (nSPS) is 21.4. The van der Waals surface area contributed by atoms with Crippen LogP contribution in [0.15, 0.2) is 11.8 Å². The van der Waals surface area contributed by atoms with Crippen LogP contribution in [0.5, 0.6) is 0 Å². The van der Waals surface area contributed by atoms with E-state index in [2.05, 4.69) is 12.2 Å². The lowest BCUT2D eigenvalue weighted by Crippen LogP contribution is -2.39.